The molecule has 0 spiro atoms. The second-order valence-electron chi connectivity index (χ2n) is 7.17. The molecule has 0 saturated heterocycles. The zero-order valence-corrected chi connectivity index (χ0v) is 17.2. The zero-order chi connectivity index (χ0) is 17.8. The number of halogens is 1. The molecule has 1 aromatic heterocycles. The summed E-state index contributed by atoms with van der Waals surface area (Å²) < 4.78 is 0. The normalized spacial score (nSPS) is 14.8. The molecule has 0 aliphatic rings. The van der Waals surface area contributed by atoms with E-state index in [1.54, 1.807) is 11.3 Å². The van der Waals surface area contributed by atoms with Gasteiger partial charge in [-0.05, 0) is 32.3 Å². The quantitative estimate of drug-likeness (QED) is 0.417. The first-order valence-electron chi connectivity index (χ1n) is 8.16. The van der Waals surface area contributed by atoms with Crippen molar-refractivity contribution in [2.45, 2.75) is 73.1 Å². The minimum absolute atomic E-state index is 0.0343. The molecule has 0 radical (unpaired) electrons. The van der Waals surface area contributed by atoms with E-state index in [9.17, 15) is 0 Å². The molecule has 0 fully saturated rings. The molecule has 2 nitrogen and oxygen atoms in total. The molecular formula is C19H29ClN2S. The predicted octanol–water partition coefficient (Wildman–Crippen LogP) is 6.92. The number of rotatable bonds is 5. The van der Waals surface area contributed by atoms with E-state index in [1.165, 1.54) is 5.57 Å². The van der Waals surface area contributed by atoms with E-state index in [4.69, 9.17) is 16.6 Å². The van der Waals surface area contributed by atoms with Crippen LogP contribution in [0.5, 0.6) is 0 Å². The number of allylic oxidation sites excluding steroid dienone is 3. The van der Waals surface area contributed by atoms with Gasteiger partial charge < -0.3 is 0 Å². The lowest BCUT2D eigenvalue weighted by Gasteiger charge is -2.13. The average molecular weight is 353 g/mol. The van der Waals surface area contributed by atoms with Gasteiger partial charge in [0.25, 0.3) is 0 Å². The fraction of sp³-hybridized carbons (Fsp3) is 0.579. The fourth-order valence-electron chi connectivity index (χ4n) is 1.90. The number of thiazole rings is 1. The summed E-state index contributed by atoms with van der Waals surface area (Å²) in [5.41, 5.74) is 3.36. The molecule has 0 aliphatic carbocycles. The molecule has 1 aromatic rings. The summed E-state index contributed by atoms with van der Waals surface area (Å²) in [5, 5.41) is 1.68. The summed E-state index contributed by atoms with van der Waals surface area (Å²) in [6, 6.07) is 0. The van der Waals surface area contributed by atoms with Crippen molar-refractivity contribution < 1.29 is 0 Å². The van der Waals surface area contributed by atoms with Crippen LogP contribution in [0.4, 0.5) is 0 Å². The third kappa shape index (κ3) is 5.89. The van der Waals surface area contributed by atoms with Crippen LogP contribution in [0.1, 0.15) is 83.3 Å². The summed E-state index contributed by atoms with van der Waals surface area (Å²) in [6.07, 6.45) is 5.22. The molecule has 0 bridgehead atoms. The lowest BCUT2D eigenvalue weighted by Crippen LogP contribution is -2.10. The molecule has 0 unspecified atom stereocenters. The monoisotopic (exact) mass is 352 g/mol. The first kappa shape index (κ1) is 20.1. The van der Waals surface area contributed by atoms with Crippen molar-refractivity contribution in [2.75, 3.05) is 0 Å². The van der Waals surface area contributed by atoms with Crippen LogP contribution < -0.4 is 0 Å². The molecule has 0 saturated carbocycles. The van der Waals surface area contributed by atoms with E-state index >= 15 is 0 Å². The van der Waals surface area contributed by atoms with Crippen LogP contribution in [-0.2, 0) is 5.41 Å². The Morgan fingerprint density at radius 3 is 2.30 bits per heavy atom. The minimum atomic E-state index is 0.0343. The van der Waals surface area contributed by atoms with Crippen molar-refractivity contribution >= 4 is 33.8 Å². The first-order chi connectivity index (χ1) is 10.6. The molecule has 0 aliphatic heterocycles. The van der Waals surface area contributed by atoms with Crippen LogP contribution in [-0.4, -0.2) is 10.2 Å². The van der Waals surface area contributed by atoms with Gasteiger partial charge in [-0.2, -0.15) is 0 Å². The number of aromatic nitrogens is 1. The Balaban J connectivity index is 3.52. The lowest BCUT2D eigenvalue weighted by atomic mass is 9.98. The highest BCUT2D eigenvalue weighted by Gasteiger charge is 2.24. The van der Waals surface area contributed by atoms with Gasteiger partial charge >= 0.3 is 0 Å². The third-order valence-corrected chi connectivity index (χ3v) is 5.04. The van der Waals surface area contributed by atoms with Crippen LogP contribution in [0.2, 0.25) is 0 Å². The molecule has 0 atom stereocenters. The molecule has 128 valence electrons. The summed E-state index contributed by atoms with van der Waals surface area (Å²) in [4.78, 5) is 10.6. The van der Waals surface area contributed by atoms with Crippen LogP contribution in [0.3, 0.4) is 0 Å². The van der Waals surface area contributed by atoms with Crippen molar-refractivity contribution in [1.29, 1.82) is 0 Å². The van der Waals surface area contributed by atoms with Crippen LogP contribution in [0, 0.1) is 0 Å². The molecule has 1 heterocycles. The Hall–Kier alpha value is -0.930. The van der Waals surface area contributed by atoms with Gasteiger partial charge in [0, 0.05) is 5.41 Å². The highest BCUT2D eigenvalue weighted by molar-refractivity contribution is 7.13. The van der Waals surface area contributed by atoms with Gasteiger partial charge in [0.15, 0.2) is 0 Å². The number of aliphatic imine (C=N–C) groups is 1. The van der Waals surface area contributed by atoms with E-state index in [2.05, 4.69) is 65.6 Å². The van der Waals surface area contributed by atoms with Crippen LogP contribution >= 0.6 is 22.9 Å². The number of hydrogen-bond donors (Lipinski definition) is 0. The van der Waals surface area contributed by atoms with Crippen LogP contribution in [0.25, 0.3) is 5.70 Å². The molecule has 0 aromatic carbocycles. The molecular weight excluding hydrogens is 324 g/mol. The van der Waals surface area contributed by atoms with Crippen molar-refractivity contribution in [3.05, 3.63) is 33.3 Å². The largest absolute Gasteiger partial charge is 0.245 e. The maximum Gasteiger partial charge on any atom is 0.103 e. The Morgan fingerprint density at radius 2 is 1.87 bits per heavy atom. The van der Waals surface area contributed by atoms with E-state index in [1.807, 2.05) is 6.92 Å². The third-order valence-electron chi connectivity index (χ3n) is 3.43. The average Bonchev–Trinajstić information content (AvgIpc) is 2.87. The van der Waals surface area contributed by atoms with Gasteiger partial charge in [0.05, 0.1) is 21.3 Å². The zero-order valence-electron chi connectivity index (χ0n) is 15.6. The summed E-state index contributed by atoms with van der Waals surface area (Å²) in [6.45, 7) is 17.0. The van der Waals surface area contributed by atoms with Gasteiger partial charge in [0.2, 0.25) is 0 Å². The molecule has 23 heavy (non-hydrogen) atoms. The highest BCUT2D eigenvalue weighted by atomic mass is 35.5. The highest BCUT2D eigenvalue weighted by Crippen LogP contribution is 2.37. The van der Waals surface area contributed by atoms with Crippen molar-refractivity contribution in [3.8, 4) is 0 Å². The second kappa shape index (κ2) is 8.25. The van der Waals surface area contributed by atoms with Crippen molar-refractivity contribution in [1.82, 2.24) is 4.98 Å². The van der Waals surface area contributed by atoms with E-state index in [-0.39, 0.29) is 5.41 Å². The van der Waals surface area contributed by atoms with E-state index < -0.39 is 0 Å². The summed E-state index contributed by atoms with van der Waals surface area (Å²) >= 11 is 7.80. The van der Waals surface area contributed by atoms with Crippen LogP contribution in [0.15, 0.2) is 22.7 Å². The topological polar surface area (TPSA) is 25.2 Å². The fourth-order valence-corrected chi connectivity index (χ4v) is 3.24. The SMILES string of the molecule is CCC(C)=C/C=C(\N=C(C)Cl)c1sc(C(C)(C)C)nc1C(C)C. The molecule has 0 N–H and O–H groups in total. The van der Waals surface area contributed by atoms with Crippen molar-refractivity contribution in [2.24, 2.45) is 4.99 Å². The van der Waals surface area contributed by atoms with Gasteiger partial charge in [-0.1, -0.05) is 64.8 Å². The predicted molar refractivity (Wildman–Crippen MR) is 106 cm³/mol. The maximum absolute atomic E-state index is 6.07. The van der Waals surface area contributed by atoms with E-state index in [0.717, 1.165) is 27.7 Å². The first-order valence-corrected chi connectivity index (χ1v) is 9.35. The van der Waals surface area contributed by atoms with Gasteiger partial charge in [-0.25, -0.2) is 9.98 Å². The Bertz CT molecular complexity index is 624. The molecule has 0 amide bonds. The maximum atomic E-state index is 6.07. The smallest absolute Gasteiger partial charge is 0.103 e. The Kier molecular flexibility index (Phi) is 7.22. The number of hydrogen-bond acceptors (Lipinski definition) is 3. The van der Waals surface area contributed by atoms with E-state index in [0.29, 0.717) is 11.1 Å². The second-order valence-corrected chi connectivity index (χ2v) is 8.71. The van der Waals surface area contributed by atoms with Gasteiger partial charge in [0.1, 0.15) is 5.17 Å². The Labute approximate surface area is 150 Å². The van der Waals surface area contributed by atoms with Crippen molar-refractivity contribution in [3.63, 3.8) is 0 Å². The molecule has 4 heteroatoms. The van der Waals surface area contributed by atoms with Gasteiger partial charge in [-0.15, -0.1) is 11.3 Å². The summed E-state index contributed by atoms with van der Waals surface area (Å²) in [5.74, 6) is 0.350. The standard InChI is InChI=1S/C19H29ClN2S/c1-9-13(4)10-11-15(21-14(5)20)17-16(12(2)3)22-18(23-17)19(6,7)8/h10-12H,9H2,1-8H3/b13-10?,15-11-,21-14?. The lowest BCUT2D eigenvalue weighted by molar-refractivity contribution is 0.581. The Morgan fingerprint density at radius 1 is 1.26 bits per heavy atom. The molecule has 1 rings (SSSR count). The number of nitrogens with zero attached hydrogens (tertiary/aromatic N) is 2. The van der Waals surface area contributed by atoms with Gasteiger partial charge in [-0.3, -0.25) is 0 Å². The minimum Gasteiger partial charge on any atom is -0.245 e. The summed E-state index contributed by atoms with van der Waals surface area (Å²) in [7, 11) is 0.